The lowest BCUT2D eigenvalue weighted by Crippen LogP contribution is -2.47. The SMILES string of the molecule is CC(C)Sc1ccc(CNCC2CNC2)cc1. The zero-order valence-electron chi connectivity index (χ0n) is 10.7. The quantitative estimate of drug-likeness (QED) is 0.759. The number of rotatable bonds is 6. The number of nitrogens with one attached hydrogen (secondary N) is 2. The Morgan fingerprint density at radius 1 is 1.29 bits per heavy atom. The highest BCUT2D eigenvalue weighted by Gasteiger charge is 2.15. The standard InChI is InChI=1S/C14H22N2S/c1-11(2)17-14-5-3-12(4-6-14)7-15-8-13-9-16-10-13/h3-6,11,13,15-16H,7-10H2,1-2H3. The van der Waals surface area contributed by atoms with E-state index in [1.165, 1.54) is 23.5 Å². The van der Waals surface area contributed by atoms with Gasteiger partial charge in [-0.1, -0.05) is 26.0 Å². The summed E-state index contributed by atoms with van der Waals surface area (Å²) in [6, 6.07) is 8.92. The van der Waals surface area contributed by atoms with Crippen LogP contribution in [0.25, 0.3) is 0 Å². The summed E-state index contributed by atoms with van der Waals surface area (Å²) in [7, 11) is 0. The van der Waals surface area contributed by atoms with Crippen LogP contribution in [0.3, 0.4) is 0 Å². The number of hydrogen-bond acceptors (Lipinski definition) is 3. The van der Waals surface area contributed by atoms with Crippen molar-refractivity contribution >= 4 is 11.8 Å². The van der Waals surface area contributed by atoms with E-state index in [2.05, 4.69) is 48.7 Å². The third-order valence-electron chi connectivity index (χ3n) is 2.92. The highest BCUT2D eigenvalue weighted by atomic mass is 32.2. The zero-order valence-corrected chi connectivity index (χ0v) is 11.5. The molecule has 1 aromatic carbocycles. The van der Waals surface area contributed by atoms with Gasteiger partial charge in [0.25, 0.3) is 0 Å². The lowest BCUT2D eigenvalue weighted by Gasteiger charge is -2.27. The molecule has 3 heteroatoms. The second-order valence-electron chi connectivity index (χ2n) is 4.97. The average Bonchev–Trinajstić information content (AvgIpc) is 2.23. The van der Waals surface area contributed by atoms with Crippen molar-refractivity contribution in [3.8, 4) is 0 Å². The molecule has 0 aromatic heterocycles. The van der Waals surface area contributed by atoms with Crippen molar-refractivity contribution in [2.24, 2.45) is 5.92 Å². The van der Waals surface area contributed by atoms with E-state index in [0.29, 0.717) is 5.25 Å². The van der Waals surface area contributed by atoms with E-state index in [0.717, 1.165) is 19.0 Å². The van der Waals surface area contributed by atoms with Crippen LogP contribution < -0.4 is 10.6 Å². The predicted molar refractivity (Wildman–Crippen MR) is 75.5 cm³/mol. The van der Waals surface area contributed by atoms with Crippen LogP contribution in [-0.4, -0.2) is 24.9 Å². The van der Waals surface area contributed by atoms with Crippen molar-refractivity contribution in [1.29, 1.82) is 0 Å². The molecule has 94 valence electrons. The smallest absolute Gasteiger partial charge is 0.0205 e. The highest BCUT2D eigenvalue weighted by Crippen LogP contribution is 2.22. The van der Waals surface area contributed by atoms with Crippen molar-refractivity contribution in [2.45, 2.75) is 30.5 Å². The Morgan fingerprint density at radius 3 is 2.53 bits per heavy atom. The van der Waals surface area contributed by atoms with E-state index in [9.17, 15) is 0 Å². The van der Waals surface area contributed by atoms with Gasteiger partial charge in [0.2, 0.25) is 0 Å². The first kappa shape index (κ1) is 12.9. The molecule has 2 rings (SSSR count). The van der Waals surface area contributed by atoms with Crippen molar-refractivity contribution in [3.63, 3.8) is 0 Å². The van der Waals surface area contributed by atoms with E-state index in [4.69, 9.17) is 0 Å². The van der Waals surface area contributed by atoms with Gasteiger partial charge in [-0.2, -0.15) is 0 Å². The van der Waals surface area contributed by atoms with Crippen LogP contribution in [0.15, 0.2) is 29.2 Å². The first-order chi connectivity index (χ1) is 8.24. The normalized spacial score (nSPS) is 16.2. The van der Waals surface area contributed by atoms with Crippen LogP contribution in [0.4, 0.5) is 0 Å². The molecule has 0 saturated carbocycles. The van der Waals surface area contributed by atoms with Crippen molar-refractivity contribution in [3.05, 3.63) is 29.8 Å². The molecule has 0 unspecified atom stereocenters. The molecule has 2 N–H and O–H groups in total. The fraction of sp³-hybridized carbons (Fsp3) is 0.571. The summed E-state index contributed by atoms with van der Waals surface area (Å²) in [4.78, 5) is 1.37. The summed E-state index contributed by atoms with van der Waals surface area (Å²) < 4.78 is 0. The second-order valence-corrected chi connectivity index (χ2v) is 6.62. The summed E-state index contributed by atoms with van der Waals surface area (Å²) in [5.41, 5.74) is 1.38. The van der Waals surface area contributed by atoms with Gasteiger partial charge in [-0.3, -0.25) is 0 Å². The Hall–Kier alpha value is -0.510. The summed E-state index contributed by atoms with van der Waals surface area (Å²) in [6.07, 6.45) is 0. The van der Waals surface area contributed by atoms with Crippen LogP contribution in [0.5, 0.6) is 0 Å². The minimum atomic E-state index is 0.657. The van der Waals surface area contributed by atoms with Gasteiger partial charge in [-0.25, -0.2) is 0 Å². The van der Waals surface area contributed by atoms with Gasteiger partial charge in [0.05, 0.1) is 0 Å². The molecule has 1 heterocycles. The summed E-state index contributed by atoms with van der Waals surface area (Å²) in [5.74, 6) is 0.839. The second kappa shape index (κ2) is 6.43. The van der Waals surface area contributed by atoms with Crippen LogP contribution in [0.1, 0.15) is 19.4 Å². The van der Waals surface area contributed by atoms with E-state index < -0.39 is 0 Å². The fourth-order valence-electron chi connectivity index (χ4n) is 1.87. The molecule has 0 radical (unpaired) electrons. The number of hydrogen-bond donors (Lipinski definition) is 2. The molecule has 1 aliphatic heterocycles. The average molecular weight is 250 g/mol. The molecule has 1 aliphatic rings. The van der Waals surface area contributed by atoms with Gasteiger partial charge in [-0.05, 0) is 23.6 Å². The number of thioether (sulfide) groups is 1. The Morgan fingerprint density at radius 2 is 2.00 bits per heavy atom. The molecule has 1 fully saturated rings. The van der Waals surface area contributed by atoms with Gasteiger partial charge in [0, 0.05) is 36.3 Å². The van der Waals surface area contributed by atoms with Crippen LogP contribution in [-0.2, 0) is 6.54 Å². The van der Waals surface area contributed by atoms with Crippen LogP contribution in [0.2, 0.25) is 0 Å². The van der Waals surface area contributed by atoms with Gasteiger partial charge < -0.3 is 10.6 Å². The third kappa shape index (κ3) is 4.34. The Kier molecular flexibility index (Phi) is 4.89. The molecule has 17 heavy (non-hydrogen) atoms. The minimum absolute atomic E-state index is 0.657. The van der Waals surface area contributed by atoms with Gasteiger partial charge in [0.15, 0.2) is 0 Å². The molecule has 1 aromatic rings. The van der Waals surface area contributed by atoms with Crippen molar-refractivity contribution in [2.75, 3.05) is 19.6 Å². The van der Waals surface area contributed by atoms with Gasteiger partial charge >= 0.3 is 0 Å². The maximum Gasteiger partial charge on any atom is 0.0205 e. The van der Waals surface area contributed by atoms with Crippen LogP contribution in [0, 0.1) is 5.92 Å². The molecule has 1 saturated heterocycles. The predicted octanol–water partition coefficient (Wildman–Crippen LogP) is 2.50. The first-order valence-corrected chi connectivity index (χ1v) is 7.29. The maximum atomic E-state index is 3.52. The molecule has 0 bridgehead atoms. The van der Waals surface area contributed by atoms with E-state index in [-0.39, 0.29) is 0 Å². The first-order valence-electron chi connectivity index (χ1n) is 6.41. The van der Waals surface area contributed by atoms with Gasteiger partial charge in [0.1, 0.15) is 0 Å². The molecular weight excluding hydrogens is 228 g/mol. The van der Waals surface area contributed by atoms with E-state index >= 15 is 0 Å². The maximum absolute atomic E-state index is 3.52. The topological polar surface area (TPSA) is 24.1 Å². The zero-order chi connectivity index (χ0) is 12.1. The number of benzene rings is 1. The van der Waals surface area contributed by atoms with Crippen LogP contribution >= 0.6 is 11.8 Å². The lowest BCUT2D eigenvalue weighted by atomic mass is 10.0. The third-order valence-corrected chi connectivity index (χ3v) is 3.94. The summed E-state index contributed by atoms with van der Waals surface area (Å²) >= 11 is 1.92. The van der Waals surface area contributed by atoms with Gasteiger partial charge in [-0.15, -0.1) is 11.8 Å². The van der Waals surface area contributed by atoms with Crippen molar-refractivity contribution < 1.29 is 0 Å². The molecule has 0 spiro atoms. The fourth-order valence-corrected chi connectivity index (χ4v) is 2.71. The monoisotopic (exact) mass is 250 g/mol. The molecule has 2 nitrogen and oxygen atoms in total. The minimum Gasteiger partial charge on any atom is -0.316 e. The Bertz CT molecular complexity index is 331. The molecule has 0 amide bonds. The summed E-state index contributed by atoms with van der Waals surface area (Å²) in [6.45, 7) is 8.94. The summed E-state index contributed by atoms with van der Waals surface area (Å²) in [5, 5.41) is 7.47. The van der Waals surface area contributed by atoms with E-state index in [1.807, 2.05) is 11.8 Å². The highest BCUT2D eigenvalue weighted by molar-refractivity contribution is 7.99. The molecule has 0 aliphatic carbocycles. The largest absolute Gasteiger partial charge is 0.316 e. The lowest BCUT2D eigenvalue weighted by molar-refractivity contribution is 0.331. The Labute approximate surface area is 109 Å². The van der Waals surface area contributed by atoms with Crippen molar-refractivity contribution in [1.82, 2.24) is 10.6 Å². The Balaban J connectivity index is 1.72. The molecular formula is C14H22N2S. The van der Waals surface area contributed by atoms with E-state index in [1.54, 1.807) is 0 Å². The molecule has 0 atom stereocenters.